The Labute approximate surface area is 182 Å². The van der Waals surface area contributed by atoms with E-state index in [1.807, 2.05) is 27.7 Å². The summed E-state index contributed by atoms with van der Waals surface area (Å²) in [5, 5.41) is 0. The highest BCUT2D eigenvalue weighted by Gasteiger charge is 2.26. The number of benzene rings is 1. The summed E-state index contributed by atoms with van der Waals surface area (Å²) in [6.07, 6.45) is 1.56. The number of aromatic nitrogens is 4. The van der Waals surface area contributed by atoms with Crippen LogP contribution in [0.25, 0.3) is 11.2 Å². The highest BCUT2D eigenvalue weighted by molar-refractivity contribution is 6.10. The van der Waals surface area contributed by atoms with Crippen molar-refractivity contribution < 1.29 is 9.59 Å². The van der Waals surface area contributed by atoms with Crippen LogP contribution < -0.4 is 11.5 Å². The van der Waals surface area contributed by atoms with Crippen LogP contribution in [0.15, 0.2) is 0 Å². The number of amides is 1. The number of rotatable bonds is 7. The molecule has 4 N–H and O–H groups in total. The van der Waals surface area contributed by atoms with Crippen molar-refractivity contribution in [2.24, 2.45) is 5.73 Å². The lowest BCUT2D eigenvalue weighted by Crippen LogP contribution is -2.17. The number of nitrogen functional groups attached to an aromatic ring is 1. The molecule has 0 aliphatic carbocycles. The quantitative estimate of drug-likeness (QED) is 0.444. The number of fused-ring (bicyclic) bond motifs is 1. The van der Waals surface area contributed by atoms with Crippen LogP contribution in [-0.2, 0) is 11.3 Å². The summed E-state index contributed by atoms with van der Waals surface area (Å²) < 4.78 is 1.80. The van der Waals surface area contributed by atoms with Crippen LogP contribution in [0.4, 0.5) is 5.82 Å². The number of nitrogens with two attached hydrogens (primary N) is 2. The summed E-state index contributed by atoms with van der Waals surface area (Å²) in [7, 11) is 0. The van der Waals surface area contributed by atoms with E-state index in [0.717, 1.165) is 22.3 Å². The van der Waals surface area contributed by atoms with Crippen LogP contribution in [0, 0.1) is 41.5 Å². The first-order chi connectivity index (χ1) is 14.5. The number of ketones is 1. The lowest BCUT2D eigenvalue weighted by molar-refractivity contribution is -0.118. The predicted octanol–water partition coefficient (Wildman–Crippen LogP) is 3.15. The second-order valence-corrected chi connectivity index (χ2v) is 8.17. The van der Waals surface area contributed by atoms with E-state index in [-0.39, 0.29) is 23.3 Å². The number of primary amides is 1. The van der Waals surface area contributed by atoms with Crippen LogP contribution in [0.1, 0.15) is 69.1 Å². The standard InChI is InChI=1S/C23H30N6O2/c1-11-12(2)14(4)18(15(5)13(11)3)20(31)23-28-19-21(25)26-16(6)27-22(19)29(23)10-8-7-9-17(24)30/h7-10H2,1-6H3,(H2,24,30)(H2,25,26,27). The summed E-state index contributed by atoms with van der Waals surface area (Å²) >= 11 is 0. The van der Waals surface area contributed by atoms with E-state index in [1.165, 1.54) is 5.56 Å². The van der Waals surface area contributed by atoms with Crippen molar-refractivity contribution in [3.8, 4) is 0 Å². The molecule has 31 heavy (non-hydrogen) atoms. The van der Waals surface area contributed by atoms with Gasteiger partial charge >= 0.3 is 0 Å². The molecule has 2 aromatic heterocycles. The van der Waals surface area contributed by atoms with Gasteiger partial charge in [-0.2, -0.15) is 0 Å². The predicted molar refractivity (Wildman–Crippen MR) is 121 cm³/mol. The number of carbonyl (C=O) groups excluding carboxylic acids is 2. The largest absolute Gasteiger partial charge is 0.382 e. The highest BCUT2D eigenvalue weighted by Crippen LogP contribution is 2.29. The Morgan fingerprint density at radius 3 is 2.00 bits per heavy atom. The van der Waals surface area contributed by atoms with E-state index in [2.05, 4.69) is 21.9 Å². The van der Waals surface area contributed by atoms with Gasteiger partial charge in [0, 0.05) is 18.5 Å². The summed E-state index contributed by atoms with van der Waals surface area (Å²) in [6.45, 7) is 12.3. The van der Waals surface area contributed by atoms with Crippen molar-refractivity contribution in [2.45, 2.75) is 67.3 Å². The Morgan fingerprint density at radius 1 is 0.839 bits per heavy atom. The molecular weight excluding hydrogens is 392 g/mol. The second-order valence-electron chi connectivity index (χ2n) is 8.17. The second kappa shape index (κ2) is 8.45. The first-order valence-corrected chi connectivity index (χ1v) is 10.4. The zero-order valence-corrected chi connectivity index (χ0v) is 19.1. The van der Waals surface area contributed by atoms with E-state index >= 15 is 0 Å². The zero-order valence-electron chi connectivity index (χ0n) is 19.1. The number of anilines is 1. The van der Waals surface area contributed by atoms with Crippen LogP contribution in [0.3, 0.4) is 0 Å². The minimum absolute atomic E-state index is 0.161. The van der Waals surface area contributed by atoms with Gasteiger partial charge in [-0.05, 0) is 82.2 Å². The molecule has 0 saturated heterocycles. The molecule has 0 atom stereocenters. The third-order valence-corrected chi connectivity index (χ3v) is 6.22. The molecule has 1 amide bonds. The van der Waals surface area contributed by atoms with Crippen molar-refractivity contribution in [1.82, 2.24) is 19.5 Å². The number of carbonyl (C=O) groups is 2. The van der Waals surface area contributed by atoms with Crippen molar-refractivity contribution >= 4 is 28.7 Å². The molecule has 0 aliphatic heterocycles. The number of unbranched alkanes of at least 4 members (excludes halogenated alkanes) is 1. The molecule has 0 saturated carbocycles. The van der Waals surface area contributed by atoms with Crippen molar-refractivity contribution in [2.75, 3.05) is 5.73 Å². The number of imidazole rings is 1. The van der Waals surface area contributed by atoms with Crippen LogP contribution in [0.2, 0.25) is 0 Å². The van der Waals surface area contributed by atoms with Crippen LogP contribution in [-0.4, -0.2) is 31.2 Å². The van der Waals surface area contributed by atoms with Crippen LogP contribution in [0.5, 0.6) is 0 Å². The van der Waals surface area contributed by atoms with Crippen molar-refractivity contribution in [3.05, 3.63) is 45.0 Å². The summed E-state index contributed by atoms with van der Waals surface area (Å²) in [4.78, 5) is 38.2. The Balaban J connectivity index is 2.18. The minimum Gasteiger partial charge on any atom is -0.382 e. The third kappa shape index (κ3) is 4.02. The molecule has 0 fully saturated rings. The van der Waals surface area contributed by atoms with Gasteiger partial charge in [-0.15, -0.1) is 0 Å². The maximum Gasteiger partial charge on any atom is 0.229 e. The summed E-state index contributed by atoms with van der Waals surface area (Å²) in [5.41, 5.74) is 18.3. The molecule has 0 unspecified atom stereocenters. The Bertz CT molecular complexity index is 1180. The van der Waals surface area contributed by atoms with Gasteiger partial charge in [0.05, 0.1) is 0 Å². The molecular formula is C23H30N6O2. The molecule has 0 aliphatic rings. The number of hydrogen-bond donors (Lipinski definition) is 2. The lowest BCUT2D eigenvalue weighted by atomic mass is 9.87. The fourth-order valence-electron chi connectivity index (χ4n) is 4.04. The van der Waals surface area contributed by atoms with Gasteiger partial charge in [0.1, 0.15) is 5.82 Å². The molecule has 0 bridgehead atoms. The molecule has 0 radical (unpaired) electrons. The Morgan fingerprint density at radius 2 is 1.42 bits per heavy atom. The van der Waals surface area contributed by atoms with E-state index in [0.29, 0.717) is 48.4 Å². The van der Waals surface area contributed by atoms with Crippen molar-refractivity contribution in [1.29, 1.82) is 0 Å². The van der Waals surface area contributed by atoms with Gasteiger partial charge in [-0.1, -0.05) is 0 Å². The average molecular weight is 423 g/mol. The minimum atomic E-state index is -0.342. The maximum atomic E-state index is 13.8. The molecule has 1 aromatic carbocycles. The van der Waals surface area contributed by atoms with E-state index < -0.39 is 0 Å². The monoisotopic (exact) mass is 422 g/mol. The molecule has 2 heterocycles. The number of nitrogens with zero attached hydrogens (tertiary/aromatic N) is 4. The van der Waals surface area contributed by atoms with Gasteiger partial charge in [-0.3, -0.25) is 9.59 Å². The summed E-state index contributed by atoms with van der Waals surface area (Å²) in [6, 6.07) is 0. The van der Waals surface area contributed by atoms with E-state index in [9.17, 15) is 9.59 Å². The third-order valence-electron chi connectivity index (χ3n) is 6.22. The molecule has 3 rings (SSSR count). The fourth-order valence-corrected chi connectivity index (χ4v) is 4.04. The van der Waals surface area contributed by atoms with Gasteiger partial charge in [0.2, 0.25) is 11.7 Å². The molecule has 3 aromatic rings. The number of aryl methyl sites for hydroxylation is 2. The summed E-state index contributed by atoms with van der Waals surface area (Å²) in [5.74, 6) is 0.542. The molecule has 0 spiro atoms. The normalized spacial score (nSPS) is 11.3. The molecule has 164 valence electrons. The highest BCUT2D eigenvalue weighted by atomic mass is 16.1. The van der Waals surface area contributed by atoms with E-state index in [4.69, 9.17) is 11.5 Å². The van der Waals surface area contributed by atoms with Gasteiger partial charge in [-0.25, -0.2) is 15.0 Å². The first kappa shape index (κ1) is 22.4. The Kier molecular flexibility index (Phi) is 6.10. The fraction of sp³-hybridized carbons (Fsp3) is 0.435. The Hall–Kier alpha value is -3.29. The van der Waals surface area contributed by atoms with Gasteiger partial charge < -0.3 is 16.0 Å². The van der Waals surface area contributed by atoms with Gasteiger partial charge in [0.25, 0.3) is 0 Å². The van der Waals surface area contributed by atoms with Crippen LogP contribution >= 0.6 is 0 Å². The van der Waals surface area contributed by atoms with E-state index in [1.54, 1.807) is 11.5 Å². The zero-order chi connectivity index (χ0) is 23.0. The molecule has 8 nitrogen and oxygen atoms in total. The average Bonchev–Trinajstić information content (AvgIpc) is 3.07. The van der Waals surface area contributed by atoms with Gasteiger partial charge in [0.15, 0.2) is 22.8 Å². The smallest absolute Gasteiger partial charge is 0.229 e. The lowest BCUT2D eigenvalue weighted by Gasteiger charge is -2.18. The topological polar surface area (TPSA) is 130 Å². The maximum absolute atomic E-state index is 13.8. The SMILES string of the molecule is Cc1nc(N)c2nc(C(=O)c3c(C)c(C)c(C)c(C)c3C)n(CCCCC(N)=O)c2n1. The van der Waals surface area contributed by atoms with Crippen molar-refractivity contribution in [3.63, 3.8) is 0 Å². The number of hydrogen-bond acceptors (Lipinski definition) is 6. The first-order valence-electron chi connectivity index (χ1n) is 10.4. The molecule has 8 heteroatoms.